The summed E-state index contributed by atoms with van der Waals surface area (Å²) in [5.41, 5.74) is -0.867. The summed E-state index contributed by atoms with van der Waals surface area (Å²) < 4.78 is 12.7. The van der Waals surface area contributed by atoms with E-state index in [2.05, 4.69) is 10.3 Å². The van der Waals surface area contributed by atoms with Crippen LogP contribution in [0, 0.1) is 5.95 Å². The summed E-state index contributed by atoms with van der Waals surface area (Å²) in [4.78, 5) is 3.64. The molecule has 0 aromatic carbocycles. The van der Waals surface area contributed by atoms with Crippen LogP contribution < -0.4 is 5.32 Å². The molecule has 1 rings (SSSR count). The van der Waals surface area contributed by atoms with Gasteiger partial charge in [0.15, 0.2) is 0 Å². The van der Waals surface area contributed by atoms with Crippen LogP contribution in [0.1, 0.15) is 20.8 Å². The summed E-state index contributed by atoms with van der Waals surface area (Å²) in [6.45, 7) is 5.18. The molecular formula is C10H15FN2O. The highest BCUT2D eigenvalue weighted by Crippen LogP contribution is 2.13. The number of aromatic nitrogens is 1. The SMILES string of the molecule is CC(Nc1cccc(F)n1)C(C)(C)O. The Morgan fingerprint density at radius 3 is 2.64 bits per heavy atom. The molecule has 1 aromatic rings. The number of nitrogens with one attached hydrogen (secondary N) is 1. The van der Waals surface area contributed by atoms with Crippen LogP contribution in [0.3, 0.4) is 0 Å². The molecule has 4 heteroatoms. The molecule has 78 valence electrons. The number of rotatable bonds is 3. The van der Waals surface area contributed by atoms with Crippen molar-refractivity contribution >= 4 is 5.82 Å². The Bertz CT molecular complexity index is 309. The van der Waals surface area contributed by atoms with E-state index in [0.29, 0.717) is 5.82 Å². The molecule has 1 unspecified atom stereocenters. The molecular weight excluding hydrogens is 183 g/mol. The summed E-state index contributed by atoms with van der Waals surface area (Å²) in [7, 11) is 0. The van der Waals surface area contributed by atoms with E-state index in [9.17, 15) is 9.50 Å². The van der Waals surface area contributed by atoms with Crippen molar-refractivity contribution in [1.29, 1.82) is 0 Å². The van der Waals surface area contributed by atoms with Gasteiger partial charge in [0.05, 0.1) is 11.6 Å². The lowest BCUT2D eigenvalue weighted by Gasteiger charge is -2.27. The van der Waals surface area contributed by atoms with Gasteiger partial charge < -0.3 is 10.4 Å². The van der Waals surface area contributed by atoms with Crippen molar-refractivity contribution < 1.29 is 9.50 Å². The van der Waals surface area contributed by atoms with Gasteiger partial charge in [0, 0.05) is 0 Å². The van der Waals surface area contributed by atoms with E-state index < -0.39 is 11.5 Å². The van der Waals surface area contributed by atoms with Gasteiger partial charge in [-0.15, -0.1) is 0 Å². The summed E-state index contributed by atoms with van der Waals surface area (Å²) in [6, 6.07) is 4.31. The number of pyridine rings is 1. The third-order valence-electron chi connectivity index (χ3n) is 2.14. The molecule has 3 nitrogen and oxygen atoms in total. The third kappa shape index (κ3) is 2.96. The second-order valence-corrected chi connectivity index (χ2v) is 3.87. The van der Waals surface area contributed by atoms with Gasteiger partial charge in [0.2, 0.25) is 5.95 Å². The summed E-state index contributed by atoms with van der Waals surface area (Å²) >= 11 is 0. The first-order chi connectivity index (χ1) is 6.39. The van der Waals surface area contributed by atoms with Crippen LogP contribution in [0.15, 0.2) is 18.2 Å². The van der Waals surface area contributed by atoms with Crippen molar-refractivity contribution in [3.63, 3.8) is 0 Å². The van der Waals surface area contributed by atoms with E-state index in [1.807, 2.05) is 6.92 Å². The number of anilines is 1. The largest absolute Gasteiger partial charge is 0.388 e. The fourth-order valence-corrected chi connectivity index (χ4v) is 0.887. The highest BCUT2D eigenvalue weighted by Gasteiger charge is 2.22. The van der Waals surface area contributed by atoms with E-state index in [0.717, 1.165) is 0 Å². The quantitative estimate of drug-likeness (QED) is 0.728. The van der Waals surface area contributed by atoms with Crippen LogP contribution in [0.25, 0.3) is 0 Å². The van der Waals surface area contributed by atoms with E-state index >= 15 is 0 Å². The molecule has 1 heterocycles. The minimum Gasteiger partial charge on any atom is -0.388 e. The van der Waals surface area contributed by atoms with Crippen molar-refractivity contribution in [3.05, 3.63) is 24.1 Å². The molecule has 1 atom stereocenters. The average molecular weight is 198 g/mol. The first-order valence-corrected chi connectivity index (χ1v) is 4.51. The van der Waals surface area contributed by atoms with Gasteiger partial charge in [0.1, 0.15) is 5.82 Å². The Labute approximate surface area is 83.0 Å². The highest BCUT2D eigenvalue weighted by atomic mass is 19.1. The number of hydrogen-bond acceptors (Lipinski definition) is 3. The van der Waals surface area contributed by atoms with Crippen LogP contribution in [-0.4, -0.2) is 21.7 Å². The van der Waals surface area contributed by atoms with Crippen LogP contribution in [0.5, 0.6) is 0 Å². The molecule has 0 saturated carbocycles. The van der Waals surface area contributed by atoms with Gasteiger partial charge >= 0.3 is 0 Å². The monoisotopic (exact) mass is 198 g/mol. The minimum absolute atomic E-state index is 0.197. The number of nitrogens with zero attached hydrogens (tertiary/aromatic N) is 1. The Morgan fingerprint density at radius 1 is 1.50 bits per heavy atom. The van der Waals surface area contributed by atoms with Crippen molar-refractivity contribution in [2.75, 3.05) is 5.32 Å². The predicted molar refractivity (Wildman–Crippen MR) is 53.6 cm³/mol. The lowest BCUT2D eigenvalue weighted by Crippen LogP contribution is -2.39. The minimum atomic E-state index is -0.867. The van der Waals surface area contributed by atoms with Crippen molar-refractivity contribution in [3.8, 4) is 0 Å². The van der Waals surface area contributed by atoms with E-state index in [1.165, 1.54) is 6.07 Å². The molecule has 0 spiro atoms. The maximum Gasteiger partial charge on any atom is 0.214 e. The average Bonchev–Trinajstić information content (AvgIpc) is 2.02. The number of aliphatic hydroxyl groups is 1. The standard InChI is InChI=1S/C10H15FN2O/c1-7(10(2,3)14)12-9-6-4-5-8(11)13-9/h4-7,14H,1-3H3,(H,12,13). The number of hydrogen-bond donors (Lipinski definition) is 2. The highest BCUT2D eigenvalue weighted by molar-refractivity contribution is 5.35. The Balaban J connectivity index is 2.70. The van der Waals surface area contributed by atoms with Gasteiger partial charge in [-0.3, -0.25) is 0 Å². The molecule has 0 fully saturated rings. The van der Waals surface area contributed by atoms with Crippen LogP contribution in [-0.2, 0) is 0 Å². The Hall–Kier alpha value is -1.16. The molecule has 0 aliphatic rings. The number of halogens is 1. The molecule has 1 aromatic heterocycles. The molecule has 0 bridgehead atoms. The van der Waals surface area contributed by atoms with Gasteiger partial charge in [-0.05, 0) is 32.9 Å². The van der Waals surface area contributed by atoms with Crippen molar-refractivity contribution in [2.24, 2.45) is 0 Å². The molecule has 2 N–H and O–H groups in total. The third-order valence-corrected chi connectivity index (χ3v) is 2.14. The van der Waals surface area contributed by atoms with Gasteiger partial charge in [-0.25, -0.2) is 4.98 Å². The molecule has 0 radical (unpaired) electrons. The van der Waals surface area contributed by atoms with Gasteiger partial charge in [-0.2, -0.15) is 4.39 Å². The molecule has 0 aliphatic heterocycles. The molecule has 0 amide bonds. The first-order valence-electron chi connectivity index (χ1n) is 4.51. The van der Waals surface area contributed by atoms with Gasteiger partial charge in [-0.1, -0.05) is 6.07 Å². The molecule has 14 heavy (non-hydrogen) atoms. The fraction of sp³-hybridized carbons (Fsp3) is 0.500. The smallest absolute Gasteiger partial charge is 0.214 e. The molecule has 0 saturated heterocycles. The van der Waals surface area contributed by atoms with Gasteiger partial charge in [0.25, 0.3) is 0 Å². The summed E-state index contributed by atoms with van der Waals surface area (Å²) in [5.74, 6) is -0.0995. The fourth-order valence-electron chi connectivity index (χ4n) is 0.887. The van der Waals surface area contributed by atoms with Crippen molar-refractivity contribution in [2.45, 2.75) is 32.4 Å². The van der Waals surface area contributed by atoms with E-state index in [1.54, 1.807) is 26.0 Å². The summed E-state index contributed by atoms with van der Waals surface area (Å²) in [6.07, 6.45) is 0. The lowest BCUT2D eigenvalue weighted by molar-refractivity contribution is 0.0647. The van der Waals surface area contributed by atoms with Crippen molar-refractivity contribution in [1.82, 2.24) is 4.98 Å². The predicted octanol–water partition coefficient (Wildman–Crippen LogP) is 1.79. The van der Waals surface area contributed by atoms with E-state index in [-0.39, 0.29) is 6.04 Å². The normalized spacial score (nSPS) is 13.8. The lowest BCUT2D eigenvalue weighted by atomic mass is 10.0. The zero-order chi connectivity index (χ0) is 10.8. The molecule has 0 aliphatic carbocycles. The van der Waals surface area contributed by atoms with Crippen LogP contribution in [0.2, 0.25) is 0 Å². The Morgan fingerprint density at radius 2 is 2.14 bits per heavy atom. The topological polar surface area (TPSA) is 45.2 Å². The second-order valence-electron chi connectivity index (χ2n) is 3.87. The van der Waals surface area contributed by atoms with E-state index in [4.69, 9.17) is 0 Å². The maximum absolute atomic E-state index is 12.7. The first kappa shape index (κ1) is 10.9. The van der Waals surface area contributed by atoms with Crippen LogP contribution >= 0.6 is 0 Å². The second kappa shape index (κ2) is 3.92. The van der Waals surface area contributed by atoms with Crippen LogP contribution in [0.4, 0.5) is 10.2 Å². The summed E-state index contributed by atoms with van der Waals surface area (Å²) in [5, 5.41) is 12.6. The maximum atomic E-state index is 12.7. The zero-order valence-electron chi connectivity index (χ0n) is 8.58. The zero-order valence-corrected chi connectivity index (χ0v) is 8.58. The Kier molecular flexibility index (Phi) is 3.06.